The number of nitrogens with zero attached hydrogens (tertiary/aromatic N) is 1. The monoisotopic (exact) mass is 265 g/mol. The summed E-state index contributed by atoms with van der Waals surface area (Å²) >= 11 is 3.45. The van der Waals surface area contributed by atoms with E-state index in [1.54, 1.807) is 0 Å². The van der Waals surface area contributed by atoms with E-state index in [-0.39, 0.29) is 0 Å². The minimum absolute atomic E-state index is 0.750. The predicted octanol–water partition coefficient (Wildman–Crippen LogP) is 2.77. The molecule has 0 amide bonds. The van der Waals surface area contributed by atoms with Crippen LogP contribution in [0.3, 0.4) is 0 Å². The molecule has 0 aliphatic heterocycles. The van der Waals surface area contributed by atoms with Gasteiger partial charge in [0.2, 0.25) is 0 Å². The predicted molar refractivity (Wildman–Crippen MR) is 66.2 cm³/mol. The molecule has 0 saturated heterocycles. The van der Waals surface area contributed by atoms with Crippen LogP contribution in [0.25, 0.3) is 0 Å². The molecule has 0 aromatic rings. The Bertz CT molecular complexity index is 120. The van der Waals surface area contributed by atoms with E-state index in [9.17, 15) is 0 Å². The molecule has 0 saturated carbocycles. The van der Waals surface area contributed by atoms with E-state index >= 15 is 0 Å². The lowest BCUT2D eigenvalue weighted by molar-refractivity contribution is 0.0994. The van der Waals surface area contributed by atoms with Gasteiger partial charge in [0.25, 0.3) is 0 Å². The summed E-state index contributed by atoms with van der Waals surface area (Å²) in [6.07, 6.45) is 1.17. The van der Waals surface area contributed by atoms with E-state index in [2.05, 4.69) is 41.6 Å². The minimum Gasteiger partial charge on any atom is -0.380 e. The average Bonchev–Trinajstić information content (AvgIpc) is 2.15. The van der Waals surface area contributed by atoms with Crippen LogP contribution >= 0.6 is 15.9 Å². The molecule has 0 unspecified atom stereocenters. The maximum atomic E-state index is 5.57. The van der Waals surface area contributed by atoms with Gasteiger partial charge in [0.15, 0.2) is 0 Å². The summed E-state index contributed by atoms with van der Waals surface area (Å²) in [4.78, 5) is 2.39. The lowest BCUT2D eigenvalue weighted by Gasteiger charge is -2.18. The van der Waals surface area contributed by atoms with Crippen LogP contribution in [0.2, 0.25) is 0 Å². The molecule has 0 aromatic carbocycles. The van der Waals surface area contributed by atoms with Gasteiger partial charge in [-0.15, -0.1) is 0 Å². The first kappa shape index (κ1) is 14.4. The van der Waals surface area contributed by atoms with Crippen LogP contribution in [0.15, 0.2) is 0 Å². The summed E-state index contributed by atoms with van der Waals surface area (Å²) in [5, 5.41) is 1.05. The quantitative estimate of drug-likeness (QED) is 0.470. The molecule has 0 atom stereocenters. The second kappa shape index (κ2) is 9.94. The second-order valence-corrected chi connectivity index (χ2v) is 4.71. The number of hydrogen-bond donors (Lipinski definition) is 0. The van der Waals surface area contributed by atoms with Crippen molar-refractivity contribution in [1.82, 2.24) is 4.90 Å². The van der Waals surface area contributed by atoms with Crippen molar-refractivity contribution in [3.05, 3.63) is 0 Å². The van der Waals surface area contributed by atoms with Crippen LogP contribution in [0, 0.1) is 5.92 Å². The van der Waals surface area contributed by atoms with Crippen LogP contribution in [0.1, 0.15) is 27.2 Å². The number of likely N-dealkylation sites (N-methyl/N-ethyl adjacent to an activating group) is 1. The molecule has 2 nitrogen and oxygen atoms in total. The fourth-order valence-corrected chi connectivity index (χ4v) is 1.66. The first-order valence-corrected chi connectivity index (χ1v) is 6.68. The van der Waals surface area contributed by atoms with Gasteiger partial charge in [0.05, 0.1) is 6.61 Å². The molecular weight excluding hydrogens is 242 g/mol. The fourth-order valence-electron chi connectivity index (χ4n) is 1.16. The molecule has 0 rings (SSSR count). The van der Waals surface area contributed by atoms with Gasteiger partial charge < -0.3 is 9.64 Å². The largest absolute Gasteiger partial charge is 0.380 e. The SMILES string of the molecule is CCN(CCBr)CCOCCC(C)C. The molecule has 0 aliphatic carbocycles. The molecule has 0 N–H and O–H groups in total. The Morgan fingerprint density at radius 3 is 2.43 bits per heavy atom. The van der Waals surface area contributed by atoms with E-state index in [0.717, 1.165) is 44.1 Å². The van der Waals surface area contributed by atoms with Gasteiger partial charge in [-0.3, -0.25) is 0 Å². The Hall–Kier alpha value is 0.400. The zero-order valence-electron chi connectivity index (χ0n) is 9.76. The smallest absolute Gasteiger partial charge is 0.0593 e. The average molecular weight is 266 g/mol. The summed E-state index contributed by atoms with van der Waals surface area (Å²) in [7, 11) is 0. The van der Waals surface area contributed by atoms with Crippen LogP contribution < -0.4 is 0 Å². The molecule has 86 valence electrons. The lowest BCUT2D eigenvalue weighted by Crippen LogP contribution is -2.29. The van der Waals surface area contributed by atoms with Crippen molar-refractivity contribution in [2.45, 2.75) is 27.2 Å². The molecule has 0 radical (unpaired) electrons. The van der Waals surface area contributed by atoms with Gasteiger partial charge in [-0.2, -0.15) is 0 Å². The summed E-state index contributed by atoms with van der Waals surface area (Å²) in [5.41, 5.74) is 0. The van der Waals surface area contributed by atoms with Gasteiger partial charge in [0.1, 0.15) is 0 Å². The number of hydrogen-bond acceptors (Lipinski definition) is 2. The Morgan fingerprint density at radius 1 is 1.21 bits per heavy atom. The number of alkyl halides is 1. The number of halogens is 1. The normalized spacial score (nSPS) is 11.6. The molecule has 0 spiro atoms. The Labute approximate surface area is 97.1 Å². The molecule has 0 fully saturated rings. The fraction of sp³-hybridized carbons (Fsp3) is 1.00. The maximum Gasteiger partial charge on any atom is 0.0593 e. The third kappa shape index (κ3) is 8.97. The summed E-state index contributed by atoms with van der Waals surface area (Å²) < 4.78 is 5.57. The van der Waals surface area contributed by atoms with E-state index in [1.807, 2.05) is 0 Å². The van der Waals surface area contributed by atoms with Crippen molar-refractivity contribution in [3.63, 3.8) is 0 Å². The summed E-state index contributed by atoms with van der Waals surface area (Å²) in [5.74, 6) is 0.750. The van der Waals surface area contributed by atoms with Crippen molar-refractivity contribution < 1.29 is 4.74 Å². The molecular formula is C11H24BrNO. The van der Waals surface area contributed by atoms with Gasteiger partial charge in [-0.05, 0) is 18.9 Å². The van der Waals surface area contributed by atoms with Crippen molar-refractivity contribution in [3.8, 4) is 0 Å². The Kier molecular flexibility index (Phi) is 10.2. The molecule has 0 aliphatic rings. The number of rotatable bonds is 9. The highest BCUT2D eigenvalue weighted by molar-refractivity contribution is 9.09. The Balaban J connectivity index is 3.24. The van der Waals surface area contributed by atoms with Gasteiger partial charge in [-0.1, -0.05) is 36.7 Å². The van der Waals surface area contributed by atoms with Crippen molar-refractivity contribution >= 4 is 15.9 Å². The molecule has 0 heterocycles. The van der Waals surface area contributed by atoms with E-state index < -0.39 is 0 Å². The molecule has 14 heavy (non-hydrogen) atoms. The standard InChI is InChI=1S/C11H24BrNO/c1-4-13(7-6-12)8-10-14-9-5-11(2)3/h11H,4-10H2,1-3H3. The summed E-state index contributed by atoms with van der Waals surface area (Å²) in [6, 6.07) is 0. The highest BCUT2D eigenvalue weighted by atomic mass is 79.9. The third-order valence-corrected chi connectivity index (χ3v) is 2.59. The van der Waals surface area contributed by atoms with E-state index in [4.69, 9.17) is 4.74 Å². The van der Waals surface area contributed by atoms with Crippen LogP contribution in [0.5, 0.6) is 0 Å². The van der Waals surface area contributed by atoms with Crippen LogP contribution in [0.4, 0.5) is 0 Å². The van der Waals surface area contributed by atoms with E-state index in [1.165, 1.54) is 6.42 Å². The molecule has 0 bridgehead atoms. The first-order chi connectivity index (χ1) is 6.70. The highest BCUT2D eigenvalue weighted by Gasteiger charge is 2.00. The van der Waals surface area contributed by atoms with Crippen LogP contribution in [-0.2, 0) is 4.74 Å². The third-order valence-electron chi connectivity index (χ3n) is 2.24. The van der Waals surface area contributed by atoms with E-state index in [0.29, 0.717) is 0 Å². The second-order valence-electron chi connectivity index (χ2n) is 3.92. The zero-order valence-corrected chi connectivity index (χ0v) is 11.3. The van der Waals surface area contributed by atoms with Crippen molar-refractivity contribution in [1.29, 1.82) is 0 Å². The Morgan fingerprint density at radius 2 is 1.93 bits per heavy atom. The summed E-state index contributed by atoms with van der Waals surface area (Å²) in [6.45, 7) is 11.7. The molecule has 3 heteroatoms. The van der Waals surface area contributed by atoms with Crippen LogP contribution in [-0.4, -0.2) is 43.1 Å². The minimum atomic E-state index is 0.750. The molecule has 0 aromatic heterocycles. The topological polar surface area (TPSA) is 12.5 Å². The van der Waals surface area contributed by atoms with Gasteiger partial charge in [0, 0.05) is 25.0 Å². The van der Waals surface area contributed by atoms with Gasteiger partial charge >= 0.3 is 0 Å². The highest BCUT2D eigenvalue weighted by Crippen LogP contribution is 1.99. The van der Waals surface area contributed by atoms with Gasteiger partial charge in [-0.25, -0.2) is 0 Å². The van der Waals surface area contributed by atoms with Crippen molar-refractivity contribution in [2.75, 3.05) is 38.2 Å². The maximum absolute atomic E-state index is 5.57. The lowest BCUT2D eigenvalue weighted by atomic mass is 10.1. The van der Waals surface area contributed by atoms with Crippen molar-refractivity contribution in [2.24, 2.45) is 5.92 Å². The first-order valence-electron chi connectivity index (χ1n) is 5.56. The number of ether oxygens (including phenoxy) is 1. The zero-order chi connectivity index (χ0) is 10.8.